The predicted octanol–water partition coefficient (Wildman–Crippen LogP) is 2.37. The van der Waals surface area contributed by atoms with Gasteiger partial charge in [-0.3, -0.25) is 4.79 Å². The summed E-state index contributed by atoms with van der Waals surface area (Å²) in [6.45, 7) is 0. The number of fused-ring (bicyclic) bond motifs is 2. The van der Waals surface area contributed by atoms with Crippen molar-refractivity contribution in [2.45, 2.75) is 18.9 Å². The minimum atomic E-state index is -0.0366. The number of carbonyl (C=O) groups is 1. The molecule has 0 unspecified atom stereocenters. The third-order valence-electron chi connectivity index (χ3n) is 3.88. The Labute approximate surface area is 116 Å². The molecule has 1 saturated carbocycles. The number of benzene rings is 1. The summed E-state index contributed by atoms with van der Waals surface area (Å²) in [7, 11) is 1.81. The molecular weight excluding hydrogens is 252 g/mol. The second kappa shape index (κ2) is 4.03. The molecule has 2 aliphatic rings. The van der Waals surface area contributed by atoms with Crippen LogP contribution in [0.3, 0.4) is 0 Å². The molecule has 1 aliphatic carbocycles. The average Bonchev–Trinajstić information content (AvgIpc) is 3.32. The van der Waals surface area contributed by atoms with Gasteiger partial charge in [0.2, 0.25) is 0 Å². The van der Waals surface area contributed by atoms with Gasteiger partial charge in [0, 0.05) is 13.1 Å². The molecular formula is C15H14N4O. The van der Waals surface area contributed by atoms with Gasteiger partial charge < -0.3 is 9.80 Å². The molecule has 100 valence electrons. The molecule has 0 bridgehead atoms. The number of amides is 1. The Morgan fingerprint density at radius 2 is 1.90 bits per heavy atom. The second-order valence-electron chi connectivity index (χ2n) is 5.22. The first-order chi connectivity index (χ1) is 9.77. The topological polar surface area (TPSA) is 49.3 Å². The lowest BCUT2D eigenvalue weighted by molar-refractivity contribution is 0.0994. The number of carbonyl (C=O) groups excluding carboxylic acids is 1. The van der Waals surface area contributed by atoms with E-state index in [2.05, 4.69) is 15.1 Å². The van der Waals surface area contributed by atoms with Gasteiger partial charge in [0.1, 0.15) is 0 Å². The molecule has 1 aromatic heterocycles. The van der Waals surface area contributed by atoms with Crippen LogP contribution in [0.1, 0.15) is 23.2 Å². The van der Waals surface area contributed by atoms with Gasteiger partial charge in [0.05, 0.1) is 23.1 Å². The first kappa shape index (κ1) is 11.4. The average molecular weight is 266 g/mol. The summed E-state index contributed by atoms with van der Waals surface area (Å²) in [6.07, 6.45) is 3.83. The minimum Gasteiger partial charge on any atom is -0.319 e. The van der Waals surface area contributed by atoms with Gasteiger partial charge in [-0.25, -0.2) is 0 Å². The molecule has 0 spiro atoms. The van der Waals surface area contributed by atoms with Crippen molar-refractivity contribution >= 4 is 23.1 Å². The van der Waals surface area contributed by atoms with E-state index >= 15 is 0 Å². The first-order valence-electron chi connectivity index (χ1n) is 6.75. The van der Waals surface area contributed by atoms with Crippen LogP contribution >= 0.6 is 0 Å². The lowest BCUT2D eigenvalue weighted by atomic mass is 10.2. The Kier molecular flexibility index (Phi) is 2.30. The Morgan fingerprint density at radius 1 is 1.15 bits per heavy atom. The maximum atomic E-state index is 12.6. The zero-order chi connectivity index (χ0) is 13.7. The quantitative estimate of drug-likeness (QED) is 0.795. The molecule has 5 nitrogen and oxygen atoms in total. The van der Waals surface area contributed by atoms with Crippen molar-refractivity contribution < 1.29 is 4.79 Å². The second-order valence-corrected chi connectivity index (χ2v) is 5.22. The van der Waals surface area contributed by atoms with Crippen LogP contribution in [0.25, 0.3) is 0 Å². The van der Waals surface area contributed by atoms with Gasteiger partial charge in [0.15, 0.2) is 5.82 Å². The van der Waals surface area contributed by atoms with Crippen molar-refractivity contribution in [3.05, 3.63) is 42.1 Å². The van der Waals surface area contributed by atoms with E-state index in [4.69, 9.17) is 0 Å². The molecule has 0 saturated heterocycles. The number of rotatable bonds is 1. The largest absolute Gasteiger partial charge is 0.319 e. The highest BCUT2D eigenvalue weighted by Crippen LogP contribution is 2.44. The first-order valence-corrected chi connectivity index (χ1v) is 6.75. The van der Waals surface area contributed by atoms with E-state index in [1.165, 1.54) is 0 Å². The van der Waals surface area contributed by atoms with Crippen molar-refractivity contribution in [1.82, 2.24) is 10.2 Å². The van der Waals surface area contributed by atoms with Gasteiger partial charge in [-0.15, -0.1) is 5.10 Å². The number of anilines is 3. The van der Waals surface area contributed by atoms with E-state index in [0.717, 1.165) is 24.2 Å². The summed E-state index contributed by atoms with van der Waals surface area (Å²) in [4.78, 5) is 16.5. The Morgan fingerprint density at radius 3 is 2.65 bits per heavy atom. The lowest BCUT2D eigenvalue weighted by Gasteiger charge is -2.24. The lowest BCUT2D eigenvalue weighted by Crippen LogP contribution is -2.25. The third kappa shape index (κ3) is 1.52. The van der Waals surface area contributed by atoms with Gasteiger partial charge in [-0.05, 0) is 31.0 Å². The smallest absolute Gasteiger partial charge is 0.261 e. The van der Waals surface area contributed by atoms with Crippen LogP contribution in [-0.4, -0.2) is 29.2 Å². The SMILES string of the molecule is CN1C(=O)c2ccnnc2N(C2CC2)c2ccccc21. The molecule has 2 aromatic rings. The molecule has 1 fully saturated rings. The summed E-state index contributed by atoms with van der Waals surface area (Å²) in [5.74, 6) is 0.641. The Bertz CT molecular complexity index is 696. The maximum absolute atomic E-state index is 12.6. The molecule has 2 heterocycles. The molecule has 0 atom stereocenters. The number of para-hydroxylation sites is 2. The summed E-state index contributed by atoms with van der Waals surface area (Å²) in [6, 6.07) is 10.1. The molecule has 20 heavy (non-hydrogen) atoms. The van der Waals surface area contributed by atoms with Crippen LogP contribution in [0.2, 0.25) is 0 Å². The van der Waals surface area contributed by atoms with Crippen LogP contribution in [0.4, 0.5) is 17.2 Å². The van der Waals surface area contributed by atoms with E-state index in [1.54, 1.807) is 17.2 Å². The van der Waals surface area contributed by atoms with Crippen molar-refractivity contribution in [2.75, 3.05) is 16.8 Å². The van der Waals surface area contributed by atoms with E-state index in [1.807, 2.05) is 31.3 Å². The number of aromatic nitrogens is 2. The summed E-state index contributed by atoms with van der Waals surface area (Å²) in [5.41, 5.74) is 2.57. The fraction of sp³-hybridized carbons (Fsp3) is 0.267. The van der Waals surface area contributed by atoms with Crippen molar-refractivity contribution in [3.8, 4) is 0 Å². The number of nitrogens with zero attached hydrogens (tertiary/aromatic N) is 4. The highest BCUT2D eigenvalue weighted by atomic mass is 16.2. The Balaban J connectivity index is 2.02. The highest BCUT2D eigenvalue weighted by molar-refractivity contribution is 6.13. The van der Waals surface area contributed by atoms with E-state index in [0.29, 0.717) is 17.4 Å². The van der Waals surface area contributed by atoms with Crippen LogP contribution in [0, 0.1) is 0 Å². The molecule has 0 N–H and O–H groups in total. The molecule has 0 radical (unpaired) electrons. The number of hydrogen-bond acceptors (Lipinski definition) is 4. The van der Waals surface area contributed by atoms with Crippen molar-refractivity contribution in [2.24, 2.45) is 0 Å². The van der Waals surface area contributed by atoms with Gasteiger partial charge in [-0.1, -0.05) is 12.1 Å². The van der Waals surface area contributed by atoms with E-state index in [9.17, 15) is 4.79 Å². The van der Waals surface area contributed by atoms with Gasteiger partial charge in [0.25, 0.3) is 5.91 Å². The van der Waals surface area contributed by atoms with E-state index in [-0.39, 0.29) is 5.91 Å². The highest BCUT2D eigenvalue weighted by Gasteiger charge is 2.38. The van der Waals surface area contributed by atoms with Crippen molar-refractivity contribution in [3.63, 3.8) is 0 Å². The zero-order valence-electron chi connectivity index (χ0n) is 11.2. The maximum Gasteiger partial charge on any atom is 0.261 e. The minimum absolute atomic E-state index is 0.0366. The molecule has 1 amide bonds. The van der Waals surface area contributed by atoms with E-state index < -0.39 is 0 Å². The Hall–Kier alpha value is -2.43. The molecule has 4 rings (SSSR count). The van der Waals surface area contributed by atoms with Crippen LogP contribution in [-0.2, 0) is 0 Å². The zero-order valence-corrected chi connectivity index (χ0v) is 11.2. The molecule has 1 aliphatic heterocycles. The predicted molar refractivity (Wildman–Crippen MR) is 76.4 cm³/mol. The van der Waals surface area contributed by atoms with Gasteiger partial charge >= 0.3 is 0 Å². The molecule has 1 aromatic carbocycles. The standard InChI is InChI=1S/C15H14N4O/c1-18-12-4-2-3-5-13(12)19(10-6-7-10)14-11(15(18)20)8-9-16-17-14/h2-5,8-10H,6-7H2,1H3. The third-order valence-corrected chi connectivity index (χ3v) is 3.88. The van der Waals surface area contributed by atoms with Crippen molar-refractivity contribution in [1.29, 1.82) is 0 Å². The van der Waals surface area contributed by atoms with Crippen LogP contribution in [0.5, 0.6) is 0 Å². The number of hydrogen-bond donors (Lipinski definition) is 0. The molecule has 5 heteroatoms. The summed E-state index contributed by atoms with van der Waals surface area (Å²) in [5, 5.41) is 8.20. The van der Waals surface area contributed by atoms with Crippen LogP contribution < -0.4 is 9.80 Å². The summed E-state index contributed by atoms with van der Waals surface area (Å²) < 4.78 is 0. The normalized spacial score (nSPS) is 17.6. The van der Waals surface area contributed by atoms with Crippen LogP contribution in [0.15, 0.2) is 36.5 Å². The summed E-state index contributed by atoms with van der Waals surface area (Å²) >= 11 is 0. The fourth-order valence-corrected chi connectivity index (χ4v) is 2.73. The van der Waals surface area contributed by atoms with Gasteiger partial charge in [-0.2, -0.15) is 5.10 Å². The monoisotopic (exact) mass is 266 g/mol. The fourth-order valence-electron chi connectivity index (χ4n) is 2.73.